The summed E-state index contributed by atoms with van der Waals surface area (Å²) in [5.74, 6) is 0.819. The van der Waals surface area contributed by atoms with Gasteiger partial charge in [-0.15, -0.1) is 0 Å². The smallest absolute Gasteiger partial charge is 0.271 e. The number of nitro groups is 1. The van der Waals surface area contributed by atoms with Crippen molar-refractivity contribution in [3.8, 4) is 0 Å². The first kappa shape index (κ1) is 10.6. The molecule has 2 aromatic heterocycles. The third-order valence-corrected chi connectivity index (χ3v) is 2.87. The van der Waals surface area contributed by atoms with Crippen molar-refractivity contribution in [3.63, 3.8) is 0 Å². The fourth-order valence-corrected chi connectivity index (χ4v) is 1.99. The van der Waals surface area contributed by atoms with Gasteiger partial charge in [-0.05, 0) is 24.3 Å². The molecule has 0 bridgehead atoms. The quantitative estimate of drug-likeness (QED) is 0.523. The Kier molecular flexibility index (Phi) is 2.37. The van der Waals surface area contributed by atoms with Gasteiger partial charge in [-0.1, -0.05) is 0 Å². The third-order valence-electron chi connectivity index (χ3n) is 2.87. The number of benzene rings is 1. The molecule has 0 aliphatic rings. The van der Waals surface area contributed by atoms with Crippen molar-refractivity contribution in [1.29, 1.82) is 0 Å². The van der Waals surface area contributed by atoms with Crippen molar-refractivity contribution in [2.75, 3.05) is 0 Å². The summed E-state index contributed by atoms with van der Waals surface area (Å²) in [6.07, 6.45) is 3.51. The Labute approximate surface area is 102 Å². The van der Waals surface area contributed by atoms with Crippen LogP contribution < -0.4 is 0 Å². The van der Waals surface area contributed by atoms with Crippen LogP contribution in [0.3, 0.4) is 0 Å². The number of non-ortho nitro benzene ring substituents is 1. The van der Waals surface area contributed by atoms with E-state index in [2.05, 4.69) is 0 Å². The van der Waals surface area contributed by atoms with Gasteiger partial charge in [0, 0.05) is 23.7 Å². The van der Waals surface area contributed by atoms with E-state index in [4.69, 9.17) is 4.42 Å². The Morgan fingerprint density at radius 3 is 2.89 bits per heavy atom. The van der Waals surface area contributed by atoms with Gasteiger partial charge in [0.05, 0.1) is 23.2 Å². The number of furan rings is 1. The molecule has 0 radical (unpaired) electrons. The average molecular weight is 242 g/mol. The molecular formula is C13H10N2O3. The monoisotopic (exact) mass is 242 g/mol. The van der Waals surface area contributed by atoms with E-state index in [1.165, 1.54) is 6.07 Å². The highest BCUT2D eigenvalue weighted by Crippen LogP contribution is 2.22. The number of hydrogen-bond donors (Lipinski definition) is 0. The molecule has 1 aromatic carbocycles. The van der Waals surface area contributed by atoms with Gasteiger partial charge in [-0.25, -0.2) is 0 Å². The fraction of sp³-hybridized carbons (Fsp3) is 0.0769. The molecule has 0 aliphatic carbocycles. The van der Waals surface area contributed by atoms with Crippen molar-refractivity contribution in [2.24, 2.45) is 0 Å². The first-order valence-corrected chi connectivity index (χ1v) is 5.50. The molecule has 5 nitrogen and oxygen atoms in total. The number of aromatic nitrogens is 1. The molecular weight excluding hydrogens is 232 g/mol. The van der Waals surface area contributed by atoms with Crippen LogP contribution in [-0.4, -0.2) is 9.49 Å². The van der Waals surface area contributed by atoms with Gasteiger partial charge in [-0.3, -0.25) is 10.1 Å². The van der Waals surface area contributed by atoms with Gasteiger partial charge in [0.1, 0.15) is 5.76 Å². The molecule has 0 fully saturated rings. The molecule has 18 heavy (non-hydrogen) atoms. The van der Waals surface area contributed by atoms with Crippen molar-refractivity contribution in [3.05, 3.63) is 64.7 Å². The van der Waals surface area contributed by atoms with Crippen molar-refractivity contribution in [2.45, 2.75) is 6.54 Å². The molecule has 0 amide bonds. The van der Waals surface area contributed by atoms with Crippen LogP contribution in [0.15, 0.2) is 53.3 Å². The number of nitro benzene ring substituents is 1. The number of fused-ring (bicyclic) bond motifs is 1. The Hall–Kier alpha value is -2.56. The predicted molar refractivity (Wildman–Crippen MR) is 66.4 cm³/mol. The van der Waals surface area contributed by atoms with Crippen molar-refractivity contribution >= 4 is 16.6 Å². The summed E-state index contributed by atoms with van der Waals surface area (Å²) < 4.78 is 7.21. The van der Waals surface area contributed by atoms with E-state index in [-0.39, 0.29) is 10.6 Å². The normalized spacial score (nSPS) is 10.9. The Balaban J connectivity index is 2.06. The maximum absolute atomic E-state index is 10.8. The minimum atomic E-state index is -0.385. The maximum Gasteiger partial charge on any atom is 0.271 e. The Morgan fingerprint density at radius 1 is 1.28 bits per heavy atom. The van der Waals surface area contributed by atoms with Crippen LogP contribution in [0.4, 0.5) is 5.69 Å². The summed E-state index contributed by atoms with van der Waals surface area (Å²) in [5.41, 5.74) is 0.933. The van der Waals surface area contributed by atoms with E-state index in [1.807, 2.05) is 29.0 Å². The van der Waals surface area contributed by atoms with E-state index in [1.54, 1.807) is 18.4 Å². The zero-order valence-corrected chi connectivity index (χ0v) is 9.45. The van der Waals surface area contributed by atoms with E-state index < -0.39 is 0 Å². The van der Waals surface area contributed by atoms with Gasteiger partial charge in [0.15, 0.2) is 0 Å². The number of hydrogen-bond acceptors (Lipinski definition) is 3. The Morgan fingerprint density at radius 2 is 2.17 bits per heavy atom. The number of nitrogens with zero attached hydrogens (tertiary/aromatic N) is 2. The molecule has 5 heteroatoms. The molecule has 90 valence electrons. The second kappa shape index (κ2) is 4.03. The topological polar surface area (TPSA) is 61.2 Å². The lowest BCUT2D eigenvalue weighted by Gasteiger charge is -2.02. The maximum atomic E-state index is 10.8. The second-order valence-corrected chi connectivity index (χ2v) is 4.02. The number of rotatable bonds is 3. The van der Waals surface area contributed by atoms with Crippen LogP contribution in [0.2, 0.25) is 0 Å². The van der Waals surface area contributed by atoms with E-state index in [0.29, 0.717) is 6.54 Å². The molecule has 0 spiro atoms. The largest absolute Gasteiger partial charge is 0.467 e. The highest BCUT2D eigenvalue weighted by molar-refractivity contribution is 5.82. The molecule has 0 N–H and O–H groups in total. The van der Waals surface area contributed by atoms with E-state index in [9.17, 15) is 10.1 Å². The SMILES string of the molecule is O=[N+]([O-])c1ccc2ccn(Cc3ccco3)c2c1. The van der Waals surface area contributed by atoms with Crippen molar-refractivity contribution < 1.29 is 9.34 Å². The molecule has 0 aliphatic heterocycles. The van der Waals surface area contributed by atoms with Gasteiger partial charge >= 0.3 is 0 Å². The average Bonchev–Trinajstić information content (AvgIpc) is 2.99. The molecule has 0 saturated carbocycles. The molecule has 3 rings (SSSR count). The lowest BCUT2D eigenvalue weighted by molar-refractivity contribution is -0.384. The van der Waals surface area contributed by atoms with Crippen LogP contribution >= 0.6 is 0 Å². The lowest BCUT2D eigenvalue weighted by Crippen LogP contribution is -1.97. The van der Waals surface area contributed by atoms with E-state index in [0.717, 1.165) is 16.7 Å². The summed E-state index contributed by atoms with van der Waals surface area (Å²) in [6, 6.07) is 10.5. The first-order chi connectivity index (χ1) is 8.74. The predicted octanol–water partition coefficient (Wildman–Crippen LogP) is 3.19. The van der Waals surface area contributed by atoms with Gasteiger partial charge < -0.3 is 8.98 Å². The summed E-state index contributed by atoms with van der Waals surface area (Å²) in [5, 5.41) is 11.8. The van der Waals surface area contributed by atoms with Gasteiger partial charge in [0.2, 0.25) is 0 Å². The van der Waals surface area contributed by atoms with Gasteiger partial charge in [0.25, 0.3) is 5.69 Å². The fourth-order valence-electron chi connectivity index (χ4n) is 1.99. The molecule has 0 atom stereocenters. The summed E-state index contributed by atoms with van der Waals surface area (Å²) in [6.45, 7) is 0.567. The Bertz CT molecular complexity index is 698. The lowest BCUT2D eigenvalue weighted by atomic mass is 10.2. The molecule has 2 heterocycles. The highest BCUT2D eigenvalue weighted by Gasteiger charge is 2.09. The van der Waals surface area contributed by atoms with Crippen LogP contribution in [0.25, 0.3) is 10.9 Å². The summed E-state index contributed by atoms with van der Waals surface area (Å²) in [4.78, 5) is 10.4. The summed E-state index contributed by atoms with van der Waals surface area (Å²) >= 11 is 0. The van der Waals surface area contributed by atoms with Crippen molar-refractivity contribution in [1.82, 2.24) is 4.57 Å². The minimum Gasteiger partial charge on any atom is -0.467 e. The molecule has 0 saturated heterocycles. The molecule has 3 aromatic rings. The van der Waals surface area contributed by atoms with Crippen LogP contribution in [-0.2, 0) is 6.54 Å². The zero-order chi connectivity index (χ0) is 12.5. The second-order valence-electron chi connectivity index (χ2n) is 4.02. The van der Waals surface area contributed by atoms with Crippen LogP contribution in [0, 0.1) is 10.1 Å². The van der Waals surface area contributed by atoms with E-state index >= 15 is 0 Å². The minimum absolute atomic E-state index is 0.0990. The highest BCUT2D eigenvalue weighted by atomic mass is 16.6. The summed E-state index contributed by atoms with van der Waals surface area (Å²) in [7, 11) is 0. The zero-order valence-electron chi connectivity index (χ0n) is 9.45. The van der Waals surface area contributed by atoms with Crippen LogP contribution in [0.5, 0.6) is 0 Å². The standard InChI is InChI=1S/C13H10N2O3/c16-15(17)11-4-3-10-5-6-14(13(10)8-11)9-12-2-1-7-18-12/h1-8H,9H2. The van der Waals surface area contributed by atoms with Crippen LogP contribution in [0.1, 0.15) is 5.76 Å². The van der Waals surface area contributed by atoms with Gasteiger partial charge in [-0.2, -0.15) is 0 Å². The third kappa shape index (κ3) is 1.75. The molecule has 0 unspecified atom stereocenters. The first-order valence-electron chi connectivity index (χ1n) is 5.50.